The number of nitrogens with zero attached hydrogens (tertiary/aromatic N) is 4. The predicted molar refractivity (Wildman–Crippen MR) is 126 cm³/mol. The number of hydrogen-bond donors (Lipinski definition) is 1. The van der Waals surface area contributed by atoms with Gasteiger partial charge in [0.05, 0.1) is 5.56 Å². The number of aromatic nitrogens is 4. The molecule has 3 aromatic rings. The molecule has 2 aromatic heterocycles. The van der Waals surface area contributed by atoms with Crippen LogP contribution in [0.5, 0.6) is 0 Å². The molecule has 2 saturated carbocycles. The molecule has 2 fully saturated rings. The maximum Gasteiger partial charge on any atom is 0.335 e. The third kappa shape index (κ3) is 3.71. The highest BCUT2D eigenvalue weighted by molar-refractivity contribution is 5.89. The summed E-state index contributed by atoms with van der Waals surface area (Å²) in [5.41, 5.74) is 1.05. The number of carboxylic acid groups (broad SMARTS) is 1. The Hall–Kier alpha value is -3.16. The average molecular weight is 451 g/mol. The summed E-state index contributed by atoms with van der Waals surface area (Å²) in [6.07, 6.45) is 9.96. The van der Waals surface area contributed by atoms with Gasteiger partial charge in [0.15, 0.2) is 11.2 Å². The lowest BCUT2D eigenvalue weighted by molar-refractivity contribution is 0.0697. The third-order valence-corrected chi connectivity index (χ3v) is 7.37. The molecule has 0 radical (unpaired) electrons. The van der Waals surface area contributed by atoms with Crippen molar-refractivity contribution in [3.63, 3.8) is 0 Å². The first kappa shape index (κ1) is 21.7. The second kappa shape index (κ2) is 8.65. The third-order valence-electron chi connectivity index (χ3n) is 7.37. The van der Waals surface area contributed by atoms with E-state index in [0.29, 0.717) is 22.6 Å². The quantitative estimate of drug-likeness (QED) is 0.640. The minimum absolute atomic E-state index is 0.0396. The minimum Gasteiger partial charge on any atom is -0.478 e. The average Bonchev–Trinajstić information content (AvgIpc) is 3.18. The van der Waals surface area contributed by atoms with Crippen LogP contribution in [-0.2, 0) is 7.05 Å². The molecular formula is C25H30N4O4. The largest absolute Gasteiger partial charge is 0.478 e. The number of carbonyl (C=O) groups is 1. The first-order valence-electron chi connectivity index (χ1n) is 12.0. The van der Waals surface area contributed by atoms with E-state index in [-0.39, 0.29) is 28.9 Å². The molecule has 2 aliphatic carbocycles. The van der Waals surface area contributed by atoms with Crippen LogP contribution in [0.15, 0.2) is 33.9 Å². The van der Waals surface area contributed by atoms with Gasteiger partial charge in [0.2, 0.25) is 0 Å². The summed E-state index contributed by atoms with van der Waals surface area (Å²) >= 11 is 0. The van der Waals surface area contributed by atoms with Gasteiger partial charge >= 0.3 is 11.7 Å². The molecule has 33 heavy (non-hydrogen) atoms. The van der Waals surface area contributed by atoms with Crippen LogP contribution in [0.4, 0.5) is 0 Å². The number of hydrogen-bond acceptors (Lipinski definition) is 4. The molecule has 0 aliphatic heterocycles. The fourth-order valence-corrected chi connectivity index (χ4v) is 5.70. The van der Waals surface area contributed by atoms with Gasteiger partial charge in [0.1, 0.15) is 5.82 Å². The predicted octanol–water partition coefficient (Wildman–Crippen LogP) is 4.27. The summed E-state index contributed by atoms with van der Waals surface area (Å²) < 4.78 is 5.08. The SMILES string of the molecule is Cn1c(-c2cccc(C(=O)O)c2)nc2c(=O)n(C3CCCCC3)c(=O)n(C3CCCCC3)c21. The van der Waals surface area contributed by atoms with Crippen LogP contribution in [0.1, 0.15) is 86.6 Å². The van der Waals surface area contributed by atoms with Crippen molar-refractivity contribution in [2.24, 2.45) is 7.05 Å². The van der Waals surface area contributed by atoms with Crippen LogP contribution in [0.2, 0.25) is 0 Å². The zero-order valence-corrected chi connectivity index (χ0v) is 19.0. The Morgan fingerprint density at radius 1 is 0.939 bits per heavy atom. The molecule has 1 aromatic carbocycles. The van der Waals surface area contributed by atoms with Crippen LogP contribution in [0, 0.1) is 0 Å². The molecule has 1 N–H and O–H groups in total. The van der Waals surface area contributed by atoms with Gasteiger partial charge in [0.25, 0.3) is 5.56 Å². The fourth-order valence-electron chi connectivity index (χ4n) is 5.70. The molecule has 0 spiro atoms. The lowest BCUT2D eigenvalue weighted by atomic mass is 9.94. The Bertz CT molecular complexity index is 1320. The maximum atomic E-state index is 13.9. The van der Waals surface area contributed by atoms with Crippen molar-refractivity contribution in [1.82, 2.24) is 18.7 Å². The van der Waals surface area contributed by atoms with E-state index in [9.17, 15) is 19.5 Å². The highest BCUT2D eigenvalue weighted by Crippen LogP contribution is 2.32. The van der Waals surface area contributed by atoms with E-state index in [0.717, 1.165) is 64.2 Å². The molecule has 8 heteroatoms. The normalized spacial score (nSPS) is 18.1. The van der Waals surface area contributed by atoms with Gasteiger partial charge in [-0.05, 0) is 37.8 Å². The second-order valence-electron chi connectivity index (χ2n) is 9.46. The Morgan fingerprint density at radius 2 is 1.55 bits per heavy atom. The van der Waals surface area contributed by atoms with E-state index in [1.807, 2.05) is 4.57 Å². The monoisotopic (exact) mass is 450 g/mol. The number of aromatic carboxylic acids is 1. The molecule has 5 rings (SSSR count). The Kier molecular flexibility index (Phi) is 5.68. The summed E-state index contributed by atoms with van der Waals surface area (Å²) in [5.74, 6) is -0.523. The van der Waals surface area contributed by atoms with E-state index in [4.69, 9.17) is 4.98 Å². The standard InChI is InChI=1S/C25H30N4O4/c1-27-21(16-9-8-10-17(15-16)24(31)32)26-20-22(27)28(18-11-4-2-5-12-18)25(33)29(23(20)30)19-13-6-3-7-14-19/h8-10,15,18-19H,2-7,11-14H2,1H3,(H,31,32). The van der Waals surface area contributed by atoms with Gasteiger partial charge in [-0.25, -0.2) is 14.6 Å². The van der Waals surface area contributed by atoms with E-state index < -0.39 is 5.97 Å². The van der Waals surface area contributed by atoms with Gasteiger partial charge in [-0.1, -0.05) is 50.7 Å². The lowest BCUT2D eigenvalue weighted by Gasteiger charge is -2.28. The molecule has 0 amide bonds. The summed E-state index contributed by atoms with van der Waals surface area (Å²) in [5, 5.41) is 9.41. The molecule has 0 bridgehead atoms. The van der Waals surface area contributed by atoms with Crippen LogP contribution >= 0.6 is 0 Å². The van der Waals surface area contributed by atoms with Crippen LogP contribution < -0.4 is 11.2 Å². The van der Waals surface area contributed by atoms with Crippen molar-refractivity contribution in [2.75, 3.05) is 0 Å². The van der Waals surface area contributed by atoms with E-state index >= 15 is 0 Å². The first-order valence-corrected chi connectivity index (χ1v) is 12.0. The topological polar surface area (TPSA) is 99.1 Å². The van der Waals surface area contributed by atoms with Gasteiger partial charge in [-0.3, -0.25) is 13.9 Å². The molecule has 2 aliphatic rings. The Balaban J connectivity index is 1.78. The van der Waals surface area contributed by atoms with Crippen LogP contribution in [-0.4, -0.2) is 29.8 Å². The molecule has 0 saturated heterocycles. The molecule has 2 heterocycles. The molecule has 8 nitrogen and oxygen atoms in total. The lowest BCUT2D eigenvalue weighted by Crippen LogP contribution is -2.44. The Morgan fingerprint density at radius 3 is 2.15 bits per heavy atom. The number of aryl methyl sites for hydroxylation is 1. The number of fused-ring (bicyclic) bond motifs is 1. The first-order chi connectivity index (χ1) is 16.0. The van der Waals surface area contributed by atoms with Gasteiger partial charge < -0.3 is 9.67 Å². The summed E-state index contributed by atoms with van der Waals surface area (Å²) in [4.78, 5) is 43.7. The maximum absolute atomic E-state index is 13.9. The molecular weight excluding hydrogens is 420 g/mol. The molecule has 0 atom stereocenters. The summed E-state index contributed by atoms with van der Waals surface area (Å²) in [6.45, 7) is 0. The van der Waals surface area contributed by atoms with E-state index in [2.05, 4.69) is 0 Å². The van der Waals surface area contributed by atoms with Crippen molar-refractivity contribution in [3.05, 3.63) is 50.7 Å². The zero-order chi connectivity index (χ0) is 23.1. The van der Waals surface area contributed by atoms with Crippen LogP contribution in [0.25, 0.3) is 22.6 Å². The summed E-state index contributed by atoms with van der Waals surface area (Å²) in [7, 11) is 1.81. The van der Waals surface area contributed by atoms with Crippen molar-refractivity contribution < 1.29 is 9.90 Å². The van der Waals surface area contributed by atoms with E-state index in [1.54, 1.807) is 29.8 Å². The second-order valence-corrected chi connectivity index (χ2v) is 9.46. The van der Waals surface area contributed by atoms with Gasteiger partial charge in [-0.2, -0.15) is 0 Å². The number of benzene rings is 1. The summed E-state index contributed by atoms with van der Waals surface area (Å²) in [6, 6.07) is 6.51. The highest BCUT2D eigenvalue weighted by Gasteiger charge is 2.29. The number of imidazole rings is 1. The van der Waals surface area contributed by atoms with Crippen LogP contribution in [0.3, 0.4) is 0 Å². The van der Waals surface area contributed by atoms with Gasteiger partial charge in [-0.15, -0.1) is 0 Å². The van der Waals surface area contributed by atoms with E-state index in [1.165, 1.54) is 10.6 Å². The highest BCUT2D eigenvalue weighted by atomic mass is 16.4. The molecule has 174 valence electrons. The molecule has 0 unspecified atom stereocenters. The van der Waals surface area contributed by atoms with Crippen molar-refractivity contribution in [1.29, 1.82) is 0 Å². The minimum atomic E-state index is -1.02. The zero-order valence-electron chi connectivity index (χ0n) is 19.0. The van der Waals surface area contributed by atoms with Crippen molar-refractivity contribution in [2.45, 2.75) is 76.3 Å². The number of carboxylic acids is 1. The van der Waals surface area contributed by atoms with Crippen molar-refractivity contribution >= 4 is 17.1 Å². The number of rotatable bonds is 4. The fraction of sp³-hybridized carbons (Fsp3) is 0.520. The Labute approximate surface area is 191 Å². The van der Waals surface area contributed by atoms with Gasteiger partial charge in [0, 0.05) is 24.7 Å². The van der Waals surface area contributed by atoms with Crippen molar-refractivity contribution in [3.8, 4) is 11.4 Å². The smallest absolute Gasteiger partial charge is 0.335 e.